The van der Waals surface area contributed by atoms with E-state index in [9.17, 15) is 4.39 Å². The molecule has 1 aliphatic rings. The maximum Gasteiger partial charge on any atom is 0.127 e. The minimum absolute atomic E-state index is 0.114. The van der Waals surface area contributed by atoms with Crippen molar-refractivity contribution in [1.82, 2.24) is 10.2 Å². The van der Waals surface area contributed by atoms with E-state index >= 15 is 0 Å². The third-order valence-electron chi connectivity index (χ3n) is 3.25. The second-order valence-corrected chi connectivity index (χ2v) is 4.88. The number of halogens is 1. The van der Waals surface area contributed by atoms with Crippen LogP contribution in [-0.2, 0) is 11.3 Å². The van der Waals surface area contributed by atoms with Crippen LogP contribution in [0.4, 0.5) is 4.39 Å². The van der Waals surface area contributed by atoms with Crippen LogP contribution in [0.25, 0.3) is 0 Å². The van der Waals surface area contributed by atoms with Gasteiger partial charge in [0, 0.05) is 31.7 Å². The van der Waals surface area contributed by atoms with Crippen molar-refractivity contribution in [1.29, 1.82) is 0 Å². The standard InChI is InChI=1S/C14H21FN2O/c1-11-3-4-14(15)12(7-11)9-17-5-6-18-13(10-17)8-16-2/h3-4,7,13,16H,5-6,8-10H2,1-2H3. The molecular weight excluding hydrogens is 231 g/mol. The number of morpholine rings is 1. The molecule has 4 heteroatoms. The van der Waals surface area contributed by atoms with Crippen LogP contribution in [0.3, 0.4) is 0 Å². The molecule has 1 fully saturated rings. The Morgan fingerprint density at radius 3 is 3.11 bits per heavy atom. The van der Waals surface area contributed by atoms with Gasteiger partial charge in [0.25, 0.3) is 0 Å². The molecule has 0 amide bonds. The lowest BCUT2D eigenvalue weighted by atomic mass is 10.1. The van der Waals surface area contributed by atoms with Gasteiger partial charge in [-0.3, -0.25) is 4.90 Å². The molecule has 0 spiro atoms. The van der Waals surface area contributed by atoms with Crippen LogP contribution in [0.2, 0.25) is 0 Å². The first-order valence-electron chi connectivity index (χ1n) is 6.42. The largest absolute Gasteiger partial charge is 0.374 e. The van der Waals surface area contributed by atoms with E-state index < -0.39 is 0 Å². The van der Waals surface area contributed by atoms with Gasteiger partial charge in [0.15, 0.2) is 0 Å². The molecule has 1 atom stereocenters. The van der Waals surface area contributed by atoms with E-state index in [-0.39, 0.29) is 11.9 Å². The van der Waals surface area contributed by atoms with Gasteiger partial charge < -0.3 is 10.1 Å². The molecular formula is C14H21FN2O. The number of nitrogens with zero attached hydrogens (tertiary/aromatic N) is 1. The summed E-state index contributed by atoms with van der Waals surface area (Å²) in [6, 6.07) is 5.29. The maximum absolute atomic E-state index is 13.7. The fourth-order valence-electron chi connectivity index (χ4n) is 2.34. The molecule has 1 aromatic carbocycles. The van der Waals surface area contributed by atoms with Gasteiger partial charge >= 0.3 is 0 Å². The van der Waals surface area contributed by atoms with Crippen molar-refractivity contribution in [3.8, 4) is 0 Å². The molecule has 18 heavy (non-hydrogen) atoms. The van der Waals surface area contributed by atoms with E-state index in [0.717, 1.165) is 37.4 Å². The Hall–Kier alpha value is -0.970. The second kappa shape index (κ2) is 6.27. The Morgan fingerprint density at radius 2 is 2.33 bits per heavy atom. The molecule has 3 nitrogen and oxygen atoms in total. The van der Waals surface area contributed by atoms with Crippen molar-refractivity contribution in [3.63, 3.8) is 0 Å². The van der Waals surface area contributed by atoms with Crippen LogP contribution in [-0.4, -0.2) is 44.3 Å². The Kier molecular flexibility index (Phi) is 4.69. The smallest absolute Gasteiger partial charge is 0.127 e. The highest BCUT2D eigenvalue weighted by molar-refractivity contribution is 5.24. The highest BCUT2D eigenvalue weighted by Gasteiger charge is 2.20. The normalized spacial score (nSPS) is 21.2. The summed E-state index contributed by atoms with van der Waals surface area (Å²) >= 11 is 0. The summed E-state index contributed by atoms with van der Waals surface area (Å²) in [5.41, 5.74) is 1.88. The summed E-state index contributed by atoms with van der Waals surface area (Å²) in [5.74, 6) is -0.114. The molecule has 1 aromatic rings. The van der Waals surface area contributed by atoms with E-state index in [4.69, 9.17) is 4.74 Å². The Bertz CT molecular complexity index is 395. The number of ether oxygens (including phenoxy) is 1. The number of hydrogen-bond donors (Lipinski definition) is 1. The van der Waals surface area contributed by atoms with E-state index in [2.05, 4.69) is 10.2 Å². The van der Waals surface area contributed by atoms with Gasteiger partial charge in [0.1, 0.15) is 5.82 Å². The summed E-state index contributed by atoms with van der Waals surface area (Å²) in [6.45, 7) is 5.94. The average molecular weight is 252 g/mol. The first-order chi connectivity index (χ1) is 8.69. The van der Waals surface area contributed by atoms with E-state index in [1.54, 1.807) is 6.07 Å². The minimum Gasteiger partial charge on any atom is -0.374 e. The topological polar surface area (TPSA) is 24.5 Å². The molecule has 0 radical (unpaired) electrons. The van der Waals surface area contributed by atoms with Crippen molar-refractivity contribution < 1.29 is 9.13 Å². The summed E-state index contributed by atoms with van der Waals surface area (Å²) < 4.78 is 19.3. The van der Waals surface area contributed by atoms with Crippen molar-refractivity contribution >= 4 is 0 Å². The van der Waals surface area contributed by atoms with Gasteiger partial charge in [0.05, 0.1) is 12.7 Å². The molecule has 0 aliphatic carbocycles. The fraction of sp³-hybridized carbons (Fsp3) is 0.571. The number of nitrogens with one attached hydrogen (secondary N) is 1. The monoisotopic (exact) mass is 252 g/mol. The van der Waals surface area contributed by atoms with Crippen LogP contribution in [0.5, 0.6) is 0 Å². The van der Waals surface area contributed by atoms with Gasteiger partial charge in [-0.1, -0.05) is 17.7 Å². The predicted molar refractivity (Wildman–Crippen MR) is 70.1 cm³/mol. The van der Waals surface area contributed by atoms with E-state index in [1.165, 1.54) is 0 Å². The maximum atomic E-state index is 13.7. The fourth-order valence-corrected chi connectivity index (χ4v) is 2.34. The quantitative estimate of drug-likeness (QED) is 0.880. The lowest BCUT2D eigenvalue weighted by molar-refractivity contribution is -0.0294. The van der Waals surface area contributed by atoms with Crippen LogP contribution in [0.15, 0.2) is 18.2 Å². The van der Waals surface area contributed by atoms with Crippen LogP contribution >= 0.6 is 0 Å². The summed E-state index contributed by atoms with van der Waals surface area (Å²) in [7, 11) is 1.92. The van der Waals surface area contributed by atoms with Crippen LogP contribution in [0, 0.1) is 12.7 Å². The van der Waals surface area contributed by atoms with Gasteiger partial charge in [-0.15, -0.1) is 0 Å². The zero-order valence-corrected chi connectivity index (χ0v) is 11.1. The molecule has 1 aliphatic heterocycles. The Balaban J connectivity index is 1.98. The summed E-state index contributed by atoms with van der Waals surface area (Å²) in [4.78, 5) is 2.25. The molecule has 1 N–H and O–H groups in total. The number of benzene rings is 1. The first kappa shape index (κ1) is 13.5. The van der Waals surface area contributed by atoms with Crippen molar-refractivity contribution in [2.45, 2.75) is 19.6 Å². The summed E-state index contributed by atoms with van der Waals surface area (Å²) in [5, 5.41) is 3.12. The second-order valence-electron chi connectivity index (χ2n) is 4.88. The first-order valence-corrected chi connectivity index (χ1v) is 6.42. The third kappa shape index (κ3) is 3.51. The zero-order valence-electron chi connectivity index (χ0n) is 11.1. The average Bonchev–Trinajstić information content (AvgIpc) is 2.35. The SMILES string of the molecule is CNCC1CN(Cc2cc(C)ccc2F)CCO1. The Labute approximate surface area is 108 Å². The van der Waals surface area contributed by atoms with Gasteiger partial charge in [-0.2, -0.15) is 0 Å². The van der Waals surface area contributed by atoms with Crippen molar-refractivity contribution in [3.05, 3.63) is 35.1 Å². The van der Waals surface area contributed by atoms with Crippen molar-refractivity contribution in [2.75, 3.05) is 33.3 Å². The molecule has 0 aromatic heterocycles. The summed E-state index contributed by atoms with van der Waals surface area (Å²) in [6.07, 6.45) is 0.205. The third-order valence-corrected chi connectivity index (χ3v) is 3.25. The molecule has 1 heterocycles. The van der Waals surface area contributed by atoms with Crippen LogP contribution in [0.1, 0.15) is 11.1 Å². The van der Waals surface area contributed by atoms with E-state index in [0.29, 0.717) is 6.54 Å². The number of likely N-dealkylation sites (N-methyl/N-ethyl adjacent to an activating group) is 1. The lowest BCUT2D eigenvalue weighted by Gasteiger charge is -2.33. The van der Waals surface area contributed by atoms with Crippen LogP contribution < -0.4 is 5.32 Å². The molecule has 1 saturated heterocycles. The zero-order chi connectivity index (χ0) is 13.0. The Morgan fingerprint density at radius 1 is 1.50 bits per heavy atom. The number of rotatable bonds is 4. The highest BCUT2D eigenvalue weighted by atomic mass is 19.1. The van der Waals surface area contributed by atoms with Gasteiger partial charge in [0.2, 0.25) is 0 Å². The number of aryl methyl sites for hydroxylation is 1. The highest BCUT2D eigenvalue weighted by Crippen LogP contribution is 2.15. The van der Waals surface area contributed by atoms with Gasteiger partial charge in [-0.25, -0.2) is 4.39 Å². The van der Waals surface area contributed by atoms with E-state index in [1.807, 2.05) is 26.1 Å². The minimum atomic E-state index is -0.114. The molecule has 0 saturated carbocycles. The van der Waals surface area contributed by atoms with Gasteiger partial charge in [-0.05, 0) is 20.0 Å². The predicted octanol–water partition coefficient (Wildman–Crippen LogP) is 1.55. The molecule has 100 valence electrons. The molecule has 1 unspecified atom stereocenters. The number of hydrogen-bond acceptors (Lipinski definition) is 3. The molecule has 2 rings (SSSR count). The lowest BCUT2D eigenvalue weighted by Crippen LogP contribution is -2.45. The molecule has 0 bridgehead atoms. The van der Waals surface area contributed by atoms with Crippen molar-refractivity contribution in [2.24, 2.45) is 0 Å².